The molecule has 0 N–H and O–H groups in total. The average Bonchev–Trinajstić information content (AvgIpc) is 3.05. The van der Waals surface area contributed by atoms with Gasteiger partial charge in [0.1, 0.15) is 17.5 Å². The SMILES string of the molecule is CCc1cc(N2CCCC(Cn3nc(C)nc3C)C2)nc(-c2ccncc2)n1. The van der Waals surface area contributed by atoms with Crippen LogP contribution in [0.25, 0.3) is 11.4 Å². The van der Waals surface area contributed by atoms with Gasteiger partial charge < -0.3 is 4.90 Å². The molecule has 0 spiro atoms. The third-order valence-corrected chi connectivity index (χ3v) is 5.30. The maximum Gasteiger partial charge on any atom is 0.161 e. The van der Waals surface area contributed by atoms with E-state index in [2.05, 4.69) is 33.0 Å². The van der Waals surface area contributed by atoms with Crippen molar-refractivity contribution in [1.82, 2.24) is 29.7 Å². The lowest BCUT2D eigenvalue weighted by atomic mass is 9.98. The third-order valence-electron chi connectivity index (χ3n) is 5.30. The van der Waals surface area contributed by atoms with E-state index in [4.69, 9.17) is 9.97 Å². The quantitative estimate of drug-likeness (QED) is 0.680. The molecule has 4 rings (SSSR count). The number of aromatic nitrogens is 6. The molecule has 146 valence electrons. The van der Waals surface area contributed by atoms with E-state index in [1.54, 1.807) is 12.4 Å². The molecule has 4 heterocycles. The number of piperidine rings is 1. The van der Waals surface area contributed by atoms with Crippen LogP contribution >= 0.6 is 0 Å². The topological polar surface area (TPSA) is 72.6 Å². The Labute approximate surface area is 165 Å². The normalized spacial score (nSPS) is 17.1. The Morgan fingerprint density at radius 3 is 2.64 bits per heavy atom. The summed E-state index contributed by atoms with van der Waals surface area (Å²) >= 11 is 0. The van der Waals surface area contributed by atoms with E-state index in [1.165, 1.54) is 6.42 Å². The Morgan fingerprint density at radius 2 is 1.93 bits per heavy atom. The largest absolute Gasteiger partial charge is 0.356 e. The first-order valence-electron chi connectivity index (χ1n) is 10.0. The Bertz CT molecular complexity index is 935. The van der Waals surface area contributed by atoms with Gasteiger partial charge in [0.2, 0.25) is 0 Å². The molecule has 1 atom stereocenters. The number of hydrogen-bond acceptors (Lipinski definition) is 6. The van der Waals surface area contributed by atoms with Crippen molar-refractivity contribution in [3.63, 3.8) is 0 Å². The first-order chi connectivity index (χ1) is 13.6. The standard InChI is InChI=1S/C21H27N7/c1-4-19-12-20(25-21(24-19)18-7-9-22-10-8-18)27-11-5-6-17(13-27)14-28-16(3)23-15(2)26-28/h7-10,12,17H,4-6,11,13-14H2,1-3H3. The molecule has 0 aromatic carbocycles. The van der Waals surface area contributed by atoms with Crippen LogP contribution in [0.1, 0.15) is 37.1 Å². The summed E-state index contributed by atoms with van der Waals surface area (Å²) in [5.74, 6) is 4.18. The van der Waals surface area contributed by atoms with Gasteiger partial charge in [0, 0.05) is 49.4 Å². The van der Waals surface area contributed by atoms with Crippen molar-refractivity contribution in [2.24, 2.45) is 5.92 Å². The molecule has 0 bridgehead atoms. The van der Waals surface area contributed by atoms with E-state index >= 15 is 0 Å². The minimum atomic E-state index is 0.540. The van der Waals surface area contributed by atoms with Gasteiger partial charge in [0.15, 0.2) is 5.82 Å². The van der Waals surface area contributed by atoms with Gasteiger partial charge in [-0.1, -0.05) is 6.92 Å². The second-order valence-electron chi connectivity index (χ2n) is 7.47. The molecule has 3 aromatic heterocycles. The highest BCUT2D eigenvalue weighted by atomic mass is 15.3. The lowest BCUT2D eigenvalue weighted by molar-refractivity contribution is 0.346. The summed E-state index contributed by atoms with van der Waals surface area (Å²) in [6, 6.07) is 6.07. The van der Waals surface area contributed by atoms with Crippen LogP contribution in [0, 0.1) is 19.8 Å². The second kappa shape index (κ2) is 8.04. The van der Waals surface area contributed by atoms with Crippen molar-refractivity contribution in [3.05, 3.63) is 47.9 Å². The van der Waals surface area contributed by atoms with Crippen LogP contribution in [-0.4, -0.2) is 42.8 Å². The zero-order chi connectivity index (χ0) is 19.5. The molecular formula is C21H27N7. The van der Waals surface area contributed by atoms with E-state index in [9.17, 15) is 0 Å². The zero-order valence-electron chi connectivity index (χ0n) is 16.8. The Morgan fingerprint density at radius 1 is 1.11 bits per heavy atom. The van der Waals surface area contributed by atoms with Gasteiger partial charge in [0.25, 0.3) is 0 Å². The molecule has 1 saturated heterocycles. The van der Waals surface area contributed by atoms with Crippen molar-refractivity contribution in [2.75, 3.05) is 18.0 Å². The summed E-state index contributed by atoms with van der Waals surface area (Å²) in [4.78, 5) is 20.6. The molecule has 1 aliphatic rings. The summed E-state index contributed by atoms with van der Waals surface area (Å²) in [6.45, 7) is 9.03. The first kappa shape index (κ1) is 18.5. The second-order valence-corrected chi connectivity index (χ2v) is 7.47. The van der Waals surface area contributed by atoms with Crippen LogP contribution in [-0.2, 0) is 13.0 Å². The van der Waals surface area contributed by atoms with E-state index in [0.29, 0.717) is 5.92 Å². The zero-order valence-corrected chi connectivity index (χ0v) is 16.8. The van der Waals surface area contributed by atoms with E-state index in [-0.39, 0.29) is 0 Å². The predicted octanol–water partition coefficient (Wildman–Crippen LogP) is 3.23. The molecule has 0 amide bonds. The Kier molecular flexibility index (Phi) is 5.32. The minimum Gasteiger partial charge on any atom is -0.356 e. The third kappa shape index (κ3) is 4.03. The first-order valence-corrected chi connectivity index (χ1v) is 10.0. The van der Waals surface area contributed by atoms with Crippen molar-refractivity contribution >= 4 is 5.82 Å². The number of rotatable bonds is 5. The summed E-state index contributed by atoms with van der Waals surface area (Å²) in [6.07, 6.45) is 6.83. The molecule has 1 unspecified atom stereocenters. The van der Waals surface area contributed by atoms with Crippen LogP contribution in [0.4, 0.5) is 5.82 Å². The van der Waals surface area contributed by atoms with Gasteiger partial charge in [-0.05, 0) is 51.2 Å². The molecule has 7 heteroatoms. The number of anilines is 1. The van der Waals surface area contributed by atoms with E-state index < -0.39 is 0 Å². The molecule has 28 heavy (non-hydrogen) atoms. The Balaban J connectivity index is 1.57. The van der Waals surface area contributed by atoms with Crippen LogP contribution in [0.15, 0.2) is 30.6 Å². The fourth-order valence-corrected chi connectivity index (χ4v) is 3.86. The minimum absolute atomic E-state index is 0.540. The van der Waals surface area contributed by atoms with Gasteiger partial charge in [-0.25, -0.2) is 19.6 Å². The maximum atomic E-state index is 4.89. The fraction of sp³-hybridized carbons (Fsp3) is 0.476. The molecule has 1 fully saturated rings. The smallest absolute Gasteiger partial charge is 0.161 e. The lowest BCUT2D eigenvalue weighted by Crippen LogP contribution is -2.38. The molecule has 1 aliphatic heterocycles. The van der Waals surface area contributed by atoms with Crippen molar-refractivity contribution in [3.8, 4) is 11.4 Å². The summed E-state index contributed by atoms with van der Waals surface area (Å²) < 4.78 is 2.04. The van der Waals surface area contributed by atoms with Crippen molar-refractivity contribution in [1.29, 1.82) is 0 Å². The summed E-state index contributed by atoms with van der Waals surface area (Å²) in [5.41, 5.74) is 2.08. The molecule has 3 aromatic rings. The highest BCUT2D eigenvalue weighted by molar-refractivity contribution is 5.57. The predicted molar refractivity (Wildman–Crippen MR) is 109 cm³/mol. The number of aryl methyl sites for hydroxylation is 3. The summed E-state index contributed by atoms with van der Waals surface area (Å²) in [5, 5.41) is 4.54. The van der Waals surface area contributed by atoms with Crippen LogP contribution in [0.3, 0.4) is 0 Å². The number of hydrogen-bond donors (Lipinski definition) is 0. The highest BCUT2D eigenvalue weighted by Gasteiger charge is 2.23. The van der Waals surface area contributed by atoms with E-state index in [1.807, 2.05) is 30.7 Å². The van der Waals surface area contributed by atoms with Gasteiger partial charge in [-0.2, -0.15) is 5.10 Å². The number of pyridine rings is 1. The van der Waals surface area contributed by atoms with E-state index in [0.717, 1.165) is 67.0 Å². The average molecular weight is 377 g/mol. The highest BCUT2D eigenvalue weighted by Crippen LogP contribution is 2.26. The fourth-order valence-electron chi connectivity index (χ4n) is 3.86. The van der Waals surface area contributed by atoms with Gasteiger partial charge in [-0.15, -0.1) is 0 Å². The summed E-state index contributed by atoms with van der Waals surface area (Å²) in [7, 11) is 0. The molecule has 0 aliphatic carbocycles. The van der Waals surface area contributed by atoms with Gasteiger partial charge in [0.05, 0.1) is 0 Å². The molecule has 7 nitrogen and oxygen atoms in total. The van der Waals surface area contributed by atoms with Crippen LogP contribution < -0.4 is 4.90 Å². The molecule has 0 radical (unpaired) electrons. The molecule has 0 saturated carbocycles. The Hall–Kier alpha value is -2.83. The van der Waals surface area contributed by atoms with Crippen LogP contribution in [0.2, 0.25) is 0 Å². The molecular weight excluding hydrogens is 350 g/mol. The van der Waals surface area contributed by atoms with Crippen molar-refractivity contribution in [2.45, 2.75) is 46.6 Å². The van der Waals surface area contributed by atoms with Crippen molar-refractivity contribution < 1.29 is 0 Å². The monoisotopic (exact) mass is 377 g/mol. The van der Waals surface area contributed by atoms with Gasteiger partial charge in [-0.3, -0.25) is 4.98 Å². The maximum absolute atomic E-state index is 4.89. The lowest BCUT2D eigenvalue weighted by Gasteiger charge is -2.34. The number of nitrogens with zero attached hydrogens (tertiary/aromatic N) is 7. The van der Waals surface area contributed by atoms with Crippen LogP contribution in [0.5, 0.6) is 0 Å². The van der Waals surface area contributed by atoms with Gasteiger partial charge >= 0.3 is 0 Å².